The van der Waals surface area contributed by atoms with Gasteiger partial charge in [0.2, 0.25) is 0 Å². The van der Waals surface area contributed by atoms with Crippen molar-refractivity contribution in [2.24, 2.45) is 11.8 Å². The lowest BCUT2D eigenvalue weighted by Gasteiger charge is -2.36. The van der Waals surface area contributed by atoms with E-state index in [4.69, 9.17) is 0 Å². The van der Waals surface area contributed by atoms with Gasteiger partial charge in [0.05, 0.1) is 5.60 Å². The molecule has 1 aromatic carbocycles. The van der Waals surface area contributed by atoms with Crippen LogP contribution in [0.5, 0.6) is 0 Å². The van der Waals surface area contributed by atoms with Crippen molar-refractivity contribution in [3.05, 3.63) is 47.0 Å². The van der Waals surface area contributed by atoms with E-state index in [9.17, 15) is 5.11 Å². The van der Waals surface area contributed by atoms with Crippen molar-refractivity contribution in [1.82, 2.24) is 0 Å². The Labute approximate surface area is 128 Å². The molecule has 1 saturated carbocycles. The molecule has 0 heterocycles. The van der Waals surface area contributed by atoms with Gasteiger partial charge in [0.1, 0.15) is 0 Å². The minimum Gasteiger partial charge on any atom is -0.385 e. The molecule has 1 fully saturated rings. The quantitative estimate of drug-likeness (QED) is 0.755. The summed E-state index contributed by atoms with van der Waals surface area (Å²) in [6.45, 7) is 0. The van der Waals surface area contributed by atoms with E-state index < -0.39 is 5.60 Å². The van der Waals surface area contributed by atoms with Crippen LogP contribution in [0.1, 0.15) is 56.1 Å². The molecule has 0 amide bonds. The maximum atomic E-state index is 11.7. The Balaban J connectivity index is 1.72. The topological polar surface area (TPSA) is 20.2 Å². The molecule has 0 radical (unpaired) electrons. The zero-order chi connectivity index (χ0) is 14.3. The summed E-state index contributed by atoms with van der Waals surface area (Å²) in [6, 6.07) is 8.86. The van der Waals surface area contributed by atoms with Crippen molar-refractivity contribution < 1.29 is 5.11 Å². The van der Waals surface area contributed by atoms with Gasteiger partial charge in [-0.05, 0) is 79.9 Å². The zero-order valence-electron chi connectivity index (χ0n) is 12.9. The molecular formula is C20H26O. The molecule has 0 saturated heterocycles. The number of hydrogen-bond acceptors (Lipinski definition) is 1. The molecule has 2 bridgehead atoms. The Kier molecular flexibility index (Phi) is 3.41. The Morgan fingerprint density at radius 3 is 2.24 bits per heavy atom. The molecule has 0 spiro atoms. The van der Waals surface area contributed by atoms with E-state index in [0.29, 0.717) is 11.8 Å². The van der Waals surface area contributed by atoms with Gasteiger partial charge in [0.15, 0.2) is 0 Å². The molecule has 0 aliphatic heterocycles. The first-order valence-electron chi connectivity index (χ1n) is 8.77. The van der Waals surface area contributed by atoms with Crippen LogP contribution in [0, 0.1) is 11.8 Å². The van der Waals surface area contributed by atoms with Crippen LogP contribution >= 0.6 is 0 Å². The molecule has 1 N–H and O–H groups in total. The van der Waals surface area contributed by atoms with Crippen molar-refractivity contribution in [3.63, 3.8) is 0 Å². The Hall–Kier alpha value is -1.08. The predicted molar refractivity (Wildman–Crippen MR) is 86.2 cm³/mol. The highest BCUT2D eigenvalue weighted by atomic mass is 16.3. The number of hydrogen-bond donors (Lipinski definition) is 1. The third-order valence-electron chi connectivity index (χ3n) is 6.21. The Morgan fingerprint density at radius 1 is 0.905 bits per heavy atom. The maximum absolute atomic E-state index is 11.7. The number of rotatable bonds is 1. The lowest BCUT2D eigenvalue weighted by molar-refractivity contribution is -0.00108. The van der Waals surface area contributed by atoms with Crippen LogP contribution in [-0.4, -0.2) is 10.7 Å². The second-order valence-electron chi connectivity index (χ2n) is 7.30. The van der Waals surface area contributed by atoms with Crippen LogP contribution in [0.4, 0.5) is 0 Å². The smallest absolute Gasteiger partial charge is 0.0919 e. The summed E-state index contributed by atoms with van der Waals surface area (Å²) in [5.74, 6) is 0.881. The summed E-state index contributed by atoms with van der Waals surface area (Å²) < 4.78 is 0. The molecule has 2 atom stereocenters. The minimum atomic E-state index is -0.511. The molecule has 112 valence electrons. The highest BCUT2D eigenvalue weighted by Crippen LogP contribution is 2.52. The first-order valence-corrected chi connectivity index (χ1v) is 8.77. The summed E-state index contributed by atoms with van der Waals surface area (Å²) in [4.78, 5) is 0. The predicted octanol–water partition coefficient (Wildman–Crippen LogP) is 4.43. The van der Waals surface area contributed by atoms with Crippen LogP contribution in [0.15, 0.2) is 35.9 Å². The fraction of sp³-hybridized carbons (Fsp3) is 0.600. The lowest BCUT2D eigenvalue weighted by Crippen LogP contribution is -2.42. The normalized spacial score (nSPS) is 35.6. The fourth-order valence-electron chi connectivity index (χ4n) is 5.08. The van der Waals surface area contributed by atoms with Gasteiger partial charge in [-0.15, -0.1) is 0 Å². The van der Waals surface area contributed by atoms with Crippen LogP contribution in [0.3, 0.4) is 0 Å². The summed E-state index contributed by atoms with van der Waals surface area (Å²) in [6.07, 6.45) is 13.1. The first kappa shape index (κ1) is 13.6. The molecule has 1 nitrogen and oxygen atoms in total. The first-order chi connectivity index (χ1) is 10.3. The zero-order valence-corrected chi connectivity index (χ0v) is 12.9. The number of fused-ring (bicyclic) bond motifs is 3. The van der Waals surface area contributed by atoms with E-state index in [1.165, 1.54) is 55.2 Å². The lowest BCUT2D eigenvalue weighted by atomic mass is 9.75. The minimum absolute atomic E-state index is 0.440. The highest BCUT2D eigenvalue weighted by molar-refractivity contribution is 5.35. The summed E-state index contributed by atoms with van der Waals surface area (Å²) >= 11 is 0. The number of aliphatic hydroxyl groups is 1. The van der Waals surface area contributed by atoms with Crippen LogP contribution in [0.25, 0.3) is 0 Å². The van der Waals surface area contributed by atoms with Crippen molar-refractivity contribution >= 4 is 0 Å². The van der Waals surface area contributed by atoms with Gasteiger partial charge in [-0.25, -0.2) is 0 Å². The fourth-order valence-corrected chi connectivity index (χ4v) is 5.08. The van der Waals surface area contributed by atoms with Crippen molar-refractivity contribution in [1.29, 1.82) is 0 Å². The van der Waals surface area contributed by atoms with Crippen molar-refractivity contribution in [2.45, 2.75) is 63.4 Å². The summed E-state index contributed by atoms with van der Waals surface area (Å²) in [5.41, 5.74) is 3.85. The molecule has 3 aliphatic rings. The molecular weight excluding hydrogens is 256 g/mol. The average molecular weight is 282 g/mol. The van der Waals surface area contributed by atoms with E-state index in [0.717, 1.165) is 19.3 Å². The van der Waals surface area contributed by atoms with E-state index in [1.54, 1.807) is 0 Å². The van der Waals surface area contributed by atoms with Crippen LogP contribution in [-0.2, 0) is 12.8 Å². The standard InChI is InChI=1S/C20H26O/c21-20(17-9-3-1-2-4-10-17)18-11-12-19(20)14-16-8-6-5-7-15(16)13-18/h5-9,18-19,21H,1-4,10-14H2. The Morgan fingerprint density at radius 2 is 1.57 bits per heavy atom. The molecule has 1 aromatic rings. The molecule has 4 rings (SSSR count). The van der Waals surface area contributed by atoms with E-state index in [1.807, 2.05) is 0 Å². The van der Waals surface area contributed by atoms with Gasteiger partial charge in [-0.1, -0.05) is 36.8 Å². The van der Waals surface area contributed by atoms with Crippen LogP contribution in [0.2, 0.25) is 0 Å². The number of allylic oxidation sites excluding steroid dienone is 1. The summed E-state index contributed by atoms with van der Waals surface area (Å²) in [5, 5.41) is 11.7. The van der Waals surface area contributed by atoms with Gasteiger partial charge in [0, 0.05) is 0 Å². The van der Waals surface area contributed by atoms with Gasteiger partial charge >= 0.3 is 0 Å². The van der Waals surface area contributed by atoms with Crippen molar-refractivity contribution in [2.75, 3.05) is 0 Å². The number of benzene rings is 1. The third kappa shape index (κ3) is 2.17. The second-order valence-corrected chi connectivity index (χ2v) is 7.30. The molecule has 2 unspecified atom stereocenters. The molecule has 3 aliphatic carbocycles. The molecule has 21 heavy (non-hydrogen) atoms. The van der Waals surface area contributed by atoms with Gasteiger partial charge in [-0.3, -0.25) is 0 Å². The van der Waals surface area contributed by atoms with E-state index >= 15 is 0 Å². The second kappa shape index (κ2) is 5.28. The van der Waals surface area contributed by atoms with Gasteiger partial charge < -0.3 is 5.11 Å². The SMILES string of the molecule is OC1(C2=CCCCCC2)C2CCC1Cc1ccccc1C2. The van der Waals surface area contributed by atoms with Gasteiger partial charge in [0.25, 0.3) is 0 Å². The van der Waals surface area contributed by atoms with Crippen LogP contribution < -0.4 is 0 Å². The average Bonchev–Trinajstić information content (AvgIpc) is 2.68. The third-order valence-corrected chi connectivity index (χ3v) is 6.21. The van der Waals surface area contributed by atoms with E-state index in [-0.39, 0.29) is 0 Å². The highest BCUT2D eigenvalue weighted by Gasteiger charge is 2.52. The van der Waals surface area contributed by atoms with E-state index in [2.05, 4.69) is 30.3 Å². The Bertz CT molecular complexity index is 524. The molecule has 1 heteroatoms. The summed E-state index contributed by atoms with van der Waals surface area (Å²) in [7, 11) is 0. The van der Waals surface area contributed by atoms with Gasteiger partial charge in [-0.2, -0.15) is 0 Å². The monoisotopic (exact) mass is 282 g/mol. The largest absolute Gasteiger partial charge is 0.385 e. The molecule has 0 aromatic heterocycles. The maximum Gasteiger partial charge on any atom is 0.0919 e. The van der Waals surface area contributed by atoms with Crippen molar-refractivity contribution in [3.8, 4) is 0 Å².